The van der Waals surface area contributed by atoms with Crippen LogP contribution in [0.5, 0.6) is 0 Å². The predicted octanol–water partition coefficient (Wildman–Crippen LogP) is 3.35. The first-order valence-electron chi connectivity index (χ1n) is 5.35. The zero-order chi connectivity index (χ0) is 12.3. The van der Waals surface area contributed by atoms with Gasteiger partial charge < -0.3 is 11.1 Å². The van der Waals surface area contributed by atoms with E-state index in [9.17, 15) is 0 Å². The number of nitrogens with zero attached hydrogens (tertiary/aromatic N) is 1. The van der Waals surface area contributed by atoms with Crippen LogP contribution in [-0.4, -0.2) is 4.98 Å². The van der Waals surface area contributed by atoms with Crippen LogP contribution >= 0.6 is 15.9 Å². The van der Waals surface area contributed by atoms with Gasteiger partial charge in [-0.1, -0.05) is 22.0 Å². The number of rotatable bonds is 3. The molecular weight excluding hydrogens is 278 g/mol. The molecular formula is C13H14BrN3. The number of halogens is 1. The second-order valence-electron chi connectivity index (χ2n) is 3.89. The summed E-state index contributed by atoms with van der Waals surface area (Å²) >= 11 is 3.42. The highest BCUT2D eigenvalue weighted by molar-refractivity contribution is 9.10. The third kappa shape index (κ3) is 3.20. The molecule has 0 aliphatic heterocycles. The summed E-state index contributed by atoms with van der Waals surface area (Å²) in [6.45, 7) is 2.69. The molecule has 0 aliphatic carbocycles. The largest absolute Gasteiger partial charge is 0.397 e. The lowest BCUT2D eigenvalue weighted by molar-refractivity contribution is 1.09. The molecule has 1 heterocycles. The van der Waals surface area contributed by atoms with E-state index >= 15 is 0 Å². The second kappa shape index (κ2) is 5.19. The number of nitrogens with one attached hydrogen (secondary N) is 1. The van der Waals surface area contributed by atoms with E-state index in [1.165, 1.54) is 0 Å². The molecule has 0 aliphatic rings. The summed E-state index contributed by atoms with van der Waals surface area (Å²) in [5.74, 6) is 0. The third-order valence-electron chi connectivity index (χ3n) is 2.47. The van der Waals surface area contributed by atoms with Crippen molar-refractivity contribution in [3.8, 4) is 0 Å². The fourth-order valence-electron chi connectivity index (χ4n) is 1.48. The lowest BCUT2D eigenvalue weighted by Gasteiger charge is -2.09. The molecule has 0 unspecified atom stereocenters. The van der Waals surface area contributed by atoms with Crippen LogP contribution < -0.4 is 11.1 Å². The smallest absolute Gasteiger partial charge is 0.0587 e. The van der Waals surface area contributed by atoms with Crippen LogP contribution in [0.2, 0.25) is 0 Å². The Morgan fingerprint density at radius 1 is 1.29 bits per heavy atom. The molecule has 2 aromatic rings. The Bertz CT molecular complexity index is 509. The van der Waals surface area contributed by atoms with Crippen LogP contribution in [-0.2, 0) is 6.54 Å². The summed E-state index contributed by atoms with van der Waals surface area (Å²) in [6, 6.07) is 9.83. The summed E-state index contributed by atoms with van der Waals surface area (Å²) in [5, 5.41) is 3.29. The molecule has 17 heavy (non-hydrogen) atoms. The Hall–Kier alpha value is -1.55. The first-order chi connectivity index (χ1) is 8.15. The molecule has 3 N–H and O–H groups in total. The number of anilines is 2. The number of pyridine rings is 1. The Balaban J connectivity index is 2.07. The highest BCUT2D eigenvalue weighted by Gasteiger charge is 2.00. The van der Waals surface area contributed by atoms with E-state index in [0.29, 0.717) is 6.54 Å². The molecule has 2 rings (SSSR count). The van der Waals surface area contributed by atoms with Gasteiger partial charge in [0.15, 0.2) is 0 Å². The first-order valence-corrected chi connectivity index (χ1v) is 6.15. The Morgan fingerprint density at radius 2 is 2.12 bits per heavy atom. The quantitative estimate of drug-likeness (QED) is 0.853. The van der Waals surface area contributed by atoms with Crippen LogP contribution in [0, 0.1) is 6.92 Å². The summed E-state index contributed by atoms with van der Waals surface area (Å²) < 4.78 is 1.01. The average molecular weight is 292 g/mol. The Kier molecular flexibility index (Phi) is 3.64. The van der Waals surface area contributed by atoms with Crippen LogP contribution in [0.25, 0.3) is 0 Å². The zero-order valence-electron chi connectivity index (χ0n) is 9.57. The molecule has 0 spiro atoms. The normalized spacial score (nSPS) is 10.2. The monoisotopic (exact) mass is 291 g/mol. The topological polar surface area (TPSA) is 50.9 Å². The summed E-state index contributed by atoms with van der Waals surface area (Å²) in [7, 11) is 0. The van der Waals surface area contributed by atoms with Gasteiger partial charge in [0.2, 0.25) is 0 Å². The van der Waals surface area contributed by atoms with Crippen LogP contribution in [0.4, 0.5) is 11.4 Å². The Morgan fingerprint density at radius 3 is 2.82 bits per heavy atom. The lowest BCUT2D eigenvalue weighted by Crippen LogP contribution is -2.02. The summed E-state index contributed by atoms with van der Waals surface area (Å²) in [5.41, 5.74) is 9.71. The van der Waals surface area contributed by atoms with Crippen LogP contribution in [0.1, 0.15) is 11.3 Å². The maximum absolute atomic E-state index is 5.88. The molecule has 0 atom stereocenters. The Labute approximate surface area is 109 Å². The van der Waals surface area contributed by atoms with Crippen molar-refractivity contribution in [2.75, 3.05) is 11.1 Å². The van der Waals surface area contributed by atoms with Crippen molar-refractivity contribution in [1.82, 2.24) is 4.98 Å². The zero-order valence-corrected chi connectivity index (χ0v) is 11.2. The lowest BCUT2D eigenvalue weighted by atomic mass is 10.2. The van der Waals surface area contributed by atoms with Gasteiger partial charge in [-0.15, -0.1) is 0 Å². The third-order valence-corrected chi connectivity index (χ3v) is 2.96. The number of nitrogens with two attached hydrogens (primary N) is 1. The molecule has 1 aromatic heterocycles. The van der Waals surface area contributed by atoms with Crippen molar-refractivity contribution in [3.63, 3.8) is 0 Å². The van der Waals surface area contributed by atoms with Gasteiger partial charge >= 0.3 is 0 Å². The minimum atomic E-state index is 0.716. The van der Waals surface area contributed by atoms with Crippen LogP contribution in [0.15, 0.2) is 41.0 Å². The van der Waals surface area contributed by atoms with E-state index in [0.717, 1.165) is 27.1 Å². The molecule has 0 radical (unpaired) electrons. The standard InChI is InChI=1S/C13H14BrN3/c1-9-2-3-10(7-16-9)8-17-13-6-11(14)4-5-12(13)15/h2-7,17H,8,15H2,1H3. The summed E-state index contributed by atoms with van der Waals surface area (Å²) in [4.78, 5) is 4.25. The molecule has 0 saturated carbocycles. The van der Waals surface area contributed by atoms with E-state index < -0.39 is 0 Å². The number of aromatic nitrogens is 1. The number of aryl methyl sites for hydroxylation is 1. The van der Waals surface area contributed by atoms with Gasteiger partial charge in [0.1, 0.15) is 0 Å². The molecule has 3 nitrogen and oxygen atoms in total. The van der Waals surface area contributed by atoms with Crippen molar-refractivity contribution in [1.29, 1.82) is 0 Å². The minimum absolute atomic E-state index is 0.716. The predicted molar refractivity (Wildman–Crippen MR) is 74.9 cm³/mol. The SMILES string of the molecule is Cc1ccc(CNc2cc(Br)ccc2N)cn1. The fourth-order valence-corrected chi connectivity index (χ4v) is 1.84. The highest BCUT2D eigenvalue weighted by Crippen LogP contribution is 2.23. The van der Waals surface area contributed by atoms with Gasteiger partial charge in [-0.05, 0) is 36.8 Å². The van der Waals surface area contributed by atoms with Crippen molar-refractivity contribution >= 4 is 27.3 Å². The van der Waals surface area contributed by atoms with E-state index in [1.807, 2.05) is 37.4 Å². The van der Waals surface area contributed by atoms with Gasteiger partial charge in [-0.25, -0.2) is 0 Å². The molecule has 0 saturated heterocycles. The molecule has 4 heteroatoms. The van der Waals surface area contributed by atoms with Gasteiger partial charge in [-0.2, -0.15) is 0 Å². The van der Waals surface area contributed by atoms with Crippen molar-refractivity contribution in [2.45, 2.75) is 13.5 Å². The van der Waals surface area contributed by atoms with Crippen molar-refractivity contribution in [2.24, 2.45) is 0 Å². The van der Waals surface area contributed by atoms with Gasteiger partial charge in [0.05, 0.1) is 11.4 Å². The van der Waals surface area contributed by atoms with Gasteiger partial charge in [0, 0.05) is 22.9 Å². The second-order valence-corrected chi connectivity index (χ2v) is 4.81. The molecule has 0 bridgehead atoms. The molecule has 88 valence electrons. The van der Waals surface area contributed by atoms with Crippen molar-refractivity contribution in [3.05, 3.63) is 52.3 Å². The number of nitrogen functional groups attached to an aromatic ring is 1. The molecule has 0 amide bonds. The first kappa shape index (κ1) is 11.9. The maximum Gasteiger partial charge on any atom is 0.0587 e. The van der Waals surface area contributed by atoms with Crippen molar-refractivity contribution < 1.29 is 0 Å². The fraction of sp³-hybridized carbons (Fsp3) is 0.154. The van der Waals surface area contributed by atoms with E-state index in [1.54, 1.807) is 0 Å². The van der Waals surface area contributed by atoms with E-state index in [2.05, 4.69) is 32.3 Å². The average Bonchev–Trinajstić information content (AvgIpc) is 2.32. The number of hydrogen-bond donors (Lipinski definition) is 2. The summed E-state index contributed by atoms with van der Waals surface area (Å²) in [6.07, 6.45) is 1.87. The van der Waals surface area contributed by atoms with Gasteiger partial charge in [-0.3, -0.25) is 4.98 Å². The minimum Gasteiger partial charge on any atom is -0.397 e. The van der Waals surface area contributed by atoms with Crippen LogP contribution in [0.3, 0.4) is 0 Å². The molecule has 0 fully saturated rings. The maximum atomic E-state index is 5.88. The number of benzene rings is 1. The van der Waals surface area contributed by atoms with E-state index in [4.69, 9.17) is 5.73 Å². The number of hydrogen-bond acceptors (Lipinski definition) is 3. The van der Waals surface area contributed by atoms with Gasteiger partial charge in [0.25, 0.3) is 0 Å². The van der Waals surface area contributed by atoms with E-state index in [-0.39, 0.29) is 0 Å². The molecule has 1 aromatic carbocycles. The highest BCUT2D eigenvalue weighted by atomic mass is 79.9.